The lowest BCUT2D eigenvalue weighted by Gasteiger charge is -2.33. The number of hydrogen-bond donors (Lipinski definition) is 1. The van der Waals surface area contributed by atoms with Gasteiger partial charge in [-0.05, 0) is 66.9 Å². The minimum atomic E-state index is -0.170. The summed E-state index contributed by atoms with van der Waals surface area (Å²) >= 11 is 0. The number of carbonyl (C=O) groups is 2. The van der Waals surface area contributed by atoms with E-state index in [2.05, 4.69) is 15.3 Å². The monoisotopic (exact) mass is 456 g/mol. The number of nitrogens with one attached hydrogen (secondary N) is 1. The Morgan fingerprint density at radius 1 is 1.12 bits per heavy atom. The molecular formula is C26H24N4O4. The Morgan fingerprint density at radius 3 is 2.68 bits per heavy atom. The molecule has 172 valence electrons. The van der Waals surface area contributed by atoms with Gasteiger partial charge >= 0.3 is 5.97 Å². The van der Waals surface area contributed by atoms with Crippen LogP contribution in [0.2, 0.25) is 0 Å². The summed E-state index contributed by atoms with van der Waals surface area (Å²) in [5.74, 6) is 0.367. The summed E-state index contributed by atoms with van der Waals surface area (Å²) in [6.07, 6.45) is 6.56. The molecule has 0 atom stereocenters. The number of pyridine rings is 1. The number of esters is 1. The molecule has 8 nitrogen and oxygen atoms in total. The maximum Gasteiger partial charge on any atom is 0.308 e. The highest BCUT2D eigenvalue weighted by Gasteiger charge is 2.36. The van der Waals surface area contributed by atoms with E-state index in [-0.39, 0.29) is 23.9 Å². The molecule has 1 aliphatic rings. The van der Waals surface area contributed by atoms with Crippen molar-refractivity contribution in [2.45, 2.75) is 25.5 Å². The van der Waals surface area contributed by atoms with Gasteiger partial charge in [0.05, 0.1) is 24.1 Å². The Balaban J connectivity index is 1.24. The van der Waals surface area contributed by atoms with Crippen LogP contribution in [0.1, 0.15) is 28.8 Å². The molecule has 1 aliphatic carbocycles. The number of fused-ring (bicyclic) bond motifs is 1. The fourth-order valence-corrected chi connectivity index (χ4v) is 4.05. The lowest BCUT2D eigenvalue weighted by molar-refractivity contribution is -0.151. The third-order valence-corrected chi connectivity index (χ3v) is 6.03. The zero-order valence-electron chi connectivity index (χ0n) is 18.7. The van der Waals surface area contributed by atoms with E-state index in [1.54, 1.807) is 30.9 Å². The van der Waals surface area contributed by atoms with Gasteiger partial charge < -0.3 is 14.8 Å². The second kappa shape index (κ2) is 9.35. The van der Waals surface area contributed by atoms with Crippen molar-refractivity contribution in [2.75, 3.05) is 7.11 Å². The van der Waals surface area contributed by atoms with Crippen molar-refractivity contribution < 1.29 is 19.1 Å². The van der Waals surface area contributed by atoms with Crippen molar-refractivity contribution in [2.24, 2.45) is 5.92 Å². The fraction of sp³-hybridized carbons (Fsp3) is 0.231. The van der Waals surface area contributed by atoms with Crippen LogP contribution in [-0.4, -0.2) is 39.6 Å². The number of rotatable bonds is 7. The first kappa shape index (κ1) is 21.6. The number of benzene rings is 2. The number of aromatic nitrogens is 3. The van der Waals surface area contributed by atoms with E-state index < -0.39 is 0 Å². The van der Waals surface area contributed by atoms with E-state index in [0.717, 1.165) is 28.0 Å². The van der Waals surface area contributed by atoms with Crippen LogP contribution >= 0.6 is 0 Å². The van der Waals surface area contributed by atoms with Gasteiger partial charge in [0.15, 0.2) is 0 Å². The lowest BCUT2D eigenvalue weighted by Crippen LogP contribution is -2.38. The highest BCUT2D eigenvalue weighted by atomic mass is 16.5. The first-order valence-corrected chi connectivity index (χ1v) is 11.1. The van der Waals surface area contributed by atoms with Crippen molar-refractivity contribution in [3.8, 4) is 11.4 Å². The number of hydrogen-bond acceptors (Lipinski definition) is 6. The molecule has 0 unspecified atom stereocenters. The number of carbonyl (C=O) groups excluding carboxylic acids is 2. The van der Waals surface area contributed by atoms with Crippen molar-refractivity contribution in [3.63, 3.8) is 0 Å². The maximum absolute atomic E-state index is 12.6. The molecule has 5 rings (SSSR count). The van der Waals surface area contributed by atoms with Gasteiger partial charge in [-0.2, -0.15) is 0 Å². The summed E-state index contributed by atoms with van der Waals surface area (Å²) in [6.45, 7) is 0.414. The normalized spacial score (nSPS) is 17.1. The van der Waals surface area contributed by atoms with E-state index in [9.17, 15) is 9.59 Å². The van der Waals surface area contributed by atoms with Crippen molar-refractivity contribution in [3.05, 3.63) is 84.4 Å². The van der Waals surface area contributed by atoms with Gasteiger partial charge in [0.1, 0.15) is 18.2 Å². The highest BCUT2D eigenvalue weighted by Crippen LogP contribution is 2.32. The zero-order chi connectivity index (χ0) is 23.5. The number of ether oxygens (including phenoxy) is 2. The average molecular weight is 457 g/mol. The molecule has 0 bridgehead atoms. The summed E-state index contributed by atoms with van der Waals surface area (Å²) in [5, 5.41) is 2.91. The maximum atomic E-state index is 12.6. The van der Waals surface area contributed by atoms with Gasteiger partial charge in [0.2, 0.25) is 0 Å². The van der Waals surface area contributed by atoms with E-state index in [4.69, 9.17) is 9.47 Å². The lowest BCUT2D eigenvalue weighted by atomic mass is 9.82. The van der Waals surface area contributed by atoms with E-state index in [0.29, 0.717) is 24.9 Å². The molecule has 0 radical (unpaired) electrons. The molecule has 8 heteroatoms. The van der Waals surface area contributed by atoms with Crippen LogP contribution in [0.25, 0.3) is 16.7 Å². The Morgan fingerprint density at radius 2 is 1.94 bits per heavy atom. The second-order valence-electron chi connectivity index (χ2n) is 8.29. The van der Waals surface area contributed by atoms with Crippen LogP contribution in [0.5, 0.6) is 5.75 Å². The molecule has 1 fully saturated rings. The van der Waals surface area contributed by atoms with Crippen LogP contribution < -0.4 is 10.1 Å². The number of nitrogens with zero attached hydrogens (tertiary/aromatic N) is 3. The first-order valence-electron chi connectivity index (χ1n) is 11.1. The molecule has 1 N–H and O–H groups in total. The van der Waals surface area contributed by atoms with Gasteiger partial charge in [-0.15, -0.1) is 0 Å². The first-order chi connectivity index (χ1) is 16.6. The summed E-state index contributed by atoms with van der Waals surface area (Å²) in [4.78, 5) is 32.6. The highest BCUT2D eigenvalue weighted by molar-refractivity contribution is 5.97. The summed E-state index contributed by atoms with van der Waals surface area (Å²) < 4.78 is 12.7. The quantitative estimate of drug-likeness (QED) is 0.426. The molecule has 4 aromatic rings. The predicted octanol–water partition coefficient (Wildman–Crippen LogP) is 3.68. The van der Waals surface area contributed by atoms with Crippen molar-refractivity contribution >= 4 is 22.9 Å². The third-order valence-electron chi connectivity index (χ3n) is 6.03. The van der Waals surface area contributed by atoms with Gasteiger partial charge in [-0.25, -0.2) is 4.98 Å². The molecule has 1 saturated carbocycles. The molecular weight excluding hydrogens is 432 g/mol. The predicted molar refractivity (Wildman–Crippen MR) is 126 cm³/mol. The van der Waals surface area contributed by atoms with Gasteiger partial charge in [-0.1, -0.05) is 6.07 Å². The SMILES string of the molecule is COC(=O)C1CC(Oc2ccc(-n3cnc4cc(C(=O)NCc5cccnc5)ccc43)cc2)C1. The van der Waals surface area contributed by atoms with Gasteiger partial charge in [-0.3, -0.25) is 19.1 Å². The second-order valence-corrected chi connectivity index (χ2v) is 8.29. The van der Waals surface area contributed by atoms with Crippen LogP contribution in [0.4, 0.5) is 0 Å². The average Bonchev–Trinajstić information content (AvgIpc) is 3.28. The van der Waals surface area contributed by atoms with E-state index in [1.807, 2.05) is 47.0 Å². The topological polar surface area (TPSA) is 95.3 Å². The summed E-state index contributed by atoms with van der Waals surface area (Å²) in [5.41, 5.74) is 4.06. The van der Waals surface area contributed by atoms with Crippen LogP contribution in [0.15, 0.2) is 73.3 Å². The Kier molecular flexibility index (Phi) is 5.95. The standard InChI is InChI=1S/C26H24N4O4/c1-33-26(32)19-11-22(12-19)34-21-7-5-20(6-8-21)30-16-29-23-13-18(4-9-24(23)30)25(31)28-15-17-3-2-10-27-14-17/h2-10,13-14,16,19,22H,11-12,15H2,1H3,(H,28,31). The number of amides is 1. The molecule has 2 aromatic carbocycles. The van der Waals surface area contributed by atoms with Crippen LogP contribution in [-0.2, 0) is 16.1 Å². The molecule has 0 aliphatic heterocycles. The number of methoxy groups -OCH3 is 1. The van der Waals surface area contributed by atoms with Crippen LogP contribution in [0.3, 0.4) is 0 Å². The fourth-order valence-electron chi connectivity index (χ4n) is 4.05. The van der Waals surface area contributed by atoms with Gasteiger partial charge in [0, 0.05) is 30.2 Å². The Bertz CT molecular complexity index is 1310. The zero-order valence-corrected chi connectivity index (χ0v) is 18.7. The molecule has 0 saturated heterocycles. The Labute approximate surface area is 196 Å². The minimum absolute atomic E-state index is 0.0340. The summed E-state index contributed by atoms with van der Waals surface area (Å²) in [7, 11) is 1.41. The minimum Gasteiger partial charge on any atom is -0.490 e. The van der Waals surface area contributed by atoms with E-state index in [1.165, 1.54) is 7.11 Å². The Hall–Kier alpha value is -4.20. The molecule has 2 aromatic heterocycles. The molecule has 34 heavy (non-hydrogen) atoms. The molecule has 1 amide bonds. The van der Waals surface area contributed by atoms with E-state index >= 15 is 0 Å². The molecule has 2 heterocycles. The molecule has 0 spiro atoms. The number of imidazole rings is 1. The summed E-state index contributed by atoms with van der Waals surface area (Å²) in [6, 6.07) is 17.0. The third kappa shape index (κ3) is 4.47. The van der Waals surface area contributed by atoms with Crippen LogP contribution in [0, 0.1) is 5.92 Å². The van der Waals surface area contributed by atoms with Crippen molar-refractivity contribution in [1.29, 1.82) is 0 Å². The smallest absolute Gasteiger partial charge is 0.308 e. The van der Waals surface area contributed by atoms with Gasteiger partial charge in [0.25, 0.3) is 5.91 Å². The largest absolute Gasteiger partial charge is 0.490 e. The van der Waals surface area contributed by atoms with Crippen molar-refractivity contribution in [1.82, 2.24) is 19.9 Å².